The number of nitrogens with one attached hydrogen (secondary N) is 1. The van der Waals surface area contributed by atoms with Gasteiger partial charge in [-0.3, -0.25) is 9.48 Å². The van der Waals surface area contributed by atoms with E-state index in [1.807, 2.05) is 53.3 Å². The van der Waals surface area contributed by atoms with Crippen molar-refractivity contribution in [2.45, 2.75) is 25.9 Å². The van der Waals surface area contributed by atoms with E-state index in [4.69, 9.17) is 9.47 Å². The molecule has 1 heterocycles. The van der Waals surface area contributed by atoms with Gasteiger partial charge in [-0.2, -0.15) is 5.10 Å². The first-order chi connectivity index (χ1) is 13.7. The van der Waals surface area contributed by atoms with Crippen LogP contribution in [0.4, 0.5) is 0 Å². The second-order valence-electron chi connectivity index (χ2n) is 6.44. The Morgan fingerprint density at radius 3 is 2.54 bits per heavy atom. The maximum absolute atomic E-state index is 12.3. The van der Waals surface area contributed by atoms with Gasteiger partial charge in [-0.15, -0.1) is 0 Å². The van der Waals surface area contributed by atoms with E-state index >= 15 is 0 Å². The SMILES string of the molecule is COc1ccc(CCC(=O)NCc2ccccc2Cn2cccn2)cc1OC. The van der Waals surface area contributed by atoms with Crippen molar-refractivity contribution in [2.75, 3.05) is 14.2 Å². The number of rotatable bonds is 9. The van der Waals surface area contributed by atoms with Gasteiger partial charge in [0.25, 0.3) is 0 Å². The highest BCUT2D eigenvalue weighted by molar-refractivity contribution is 5.76. The normalized spacial score (nSPS) is 10.5. The molecule has 0 atom stereocenters. The number of ether oxygens (including phenoxy) is 2. The minimum absolute atomic E-state index is 0.0173. The number of methoxy groups -OCH3 is 2. The summed E-state index contributed by atoms with van der Waals surface area (Å²) in [6, 6.07) is 15.7. The van der Waals surface area contributed by atoms with Crippen molar-refractivity contribution < 1.29 is 14.3 Å². The quantitative estimate of drug-likeness (QED) is 0.620. The third-order valence-electron chi connectivity index (χ3n) is 4.57. The van der Waals surface area contributed by atoms with E-state index in [0.29, 0.717) is 37.4 Å². The largest absolute Gasteiger partial charge is 0.493 e. The van der Waals surface area contributed by atoms with Crippen LogP contribution in [0, 0.1) is 0 Å². The number of hydrogen-bond acceptors (Lipinski definition) is 4. The zero-order chi connectivity index (χ0) is 19.8. The zero-order valence-corrected chi connectivity index (χ0v) is 16.2. The van der Waals surface area contributed by atoms with Crippen LogP contribution in [0.25, 0.3) is 0 Å². The molecule has 1 N–H and O–H groups in total. The first-order valence-electron chi connectivity index (χ1n) is 9.21. The Morgan fingerprint density at radius 1 is 1.04 bits per heavy atom. The Hall–Kier alpha value is -3.28. The first kappa shape index (κ1) is 19.5. The number of nitrogens with zero attached hydrogens (tertiary/aromatic N) is 2. The van der Waals surface area contributed by atoms with E-state index in [0.717, 1.165) is 16.7 Å². The fourth-order valence-corrected chi connectivity index (χ4v) is 3.03. The molecular weight excluding hydrogens is 354 g/mol. The minimum Gasteiger partial charge on any atom is -0.493 e. The smallest absolute Gasteiger partial charge is 0.220 e. The van der Waals surface area contributed by atoms with Crippen LogP contribution in [0.2, 0.25) is 0 Å². The fraction of sp³-hybridized carbons (Fsp3) is 0.273. The van der Waals surface area contributed by atoms with Crippen LogP contribution >= 0.6 is 0 Å². The van der Waals surface area contributed by atoms with Gasteiger partial charge >= 0.3 is 0 Å². The van der Waals surface area contributed by atoms with E-state index < -0.39 is 0 Å². The van der Waals surface area contributed by atoms with E-state index in [9.17, 15) is 4.79 Å². The maximum atomic E-state index is 12.3. The van der Waals surface area contributed by atoms with Gasteiger partial charge in [0.1, 0.15) is 0 Å². The molecule has 0 saturated heterocycles. The number of carbonyl (C=O) groups excluding carboxylic acids is 1. The topological polar surface area (TPSA) is 65.4 Å². The summed E-state index contributed by atoms with van der Waals surface area (Å²) >= 11 is 0. The number of benzene rings is 2. The molecule has 0 unspecified atom stereocenters. The van der Waals surface area contributed by atoms with Gasteiger partial charge in [0, 0.05) is 25.4 Å². The molecule has 146 valence electrons. The minimum atomic E-state index is 0.0173. The third-order valence-corrected chi connectivity index (χ3v) is 4.57. The van der Waals surface area contributed by atoms with Crippen molar-refractivity contribution in [3.63, 3.8) is 0 Å². The predicted octanol–water partition coefficient (Wildman–Crippen LogP) is 3.20. The molecule has 3 rings (SSSR count). The second-order valence-corrected chi connectivity index (χ2v) is 6.44. The highest BCUT2D eigenvalue weighted by Crippen LogP contribution is 2.27. The molecule has 0 spiro atoms. The van der Waals surface area contributed by atoms with Crippen molar-refractivity contribution >= 4 is 5.91 Å². The Morgan fingerprint density at radius 2 is 1.82 bits per heavy atom. The molecule has 2 aromatic carbocycles. The van der Waals surface area contributed by atoms with Crippen LogP contribution in [-0.2, 0) is 24.3 Å². The molecule has 3 aromatic rings. The summed E-state index contributed by atoms with van der Waals surface area (Å²) in [5, 5.41) is 7.26. The van der Waals surface area contributed by atoms with Gasteiger partial charge in [-0.1, -0.05) is 30.3 Å². The van der Waals surface area contributed by atoms with Gasteiger partial charge in [0.15, 0.2) is 11.5 Å². The molecule has 0 radical (unpaired) electrons. The van der Waals surface area contributed by atoms with E-state index in [2.05, 4.69) is 16.5 Å². The molecule has 0 fully saturated rings. The average Bonchev–Trinajstić information content (AvgIpc) is 3.24. The van der Waals surface area contributed by atoms with E-state index in [-0.39, 0.29) is 5.91 Å². The molecule has 28 heavy (non-hydrogen) atoms. The summed E-state index contributed by atoms with van der Waals surface area (Å²) in [6.07, 6.45) is 4.75. The molecular formula is C22H25N3O3. The van der Waals surface area contributed by atoms with E-state index in [1.54, 1.807) is 20.4 Å². The Bertz CT molecular complexity index is 907. The van der Waals surface area contributed by atoms with Crippen LogP contribution in [0.3, 0.4) is 0 Å². The molecule has 0 saturated carbocycles. The van der Waals surface area contributed by atoms with Crippen LogP contribution < -0.4 is 14.8 Å². The summed E-state index contributed by atoms with van der Waals surface area (Å²) in [6.45, 7) is 1.19. The summed E-state index contributed by atoms with van der Waals surface area (Å²) < 4.78 is 12.4. The van der Waals surface area contributed by atoms with Gasteiger partial charge in [-0.05, 0) is 41.3 Å². The summed E-state index contributed by atoms with van der Waals surface area (Å²) in [7, 11) is 3.21. The lowest BCUT2D eigenvalue weighted by atomic mass is 10.1. The first-order valence-corrected chi connectivity index (χ1v) is 9.21. The van der Waals surface area contributed by atoms with Crippen molar-refractivity contribution in [1.29, 1.82) is 0 Å². The molecule has 0 aliphatic carbocycles. The molecule has 0 aliphatic rings. The van der Waals surface area contributed by atoms with Gasteiger partial charge in [0.2, 0.25) is 5.91 Å². The summed E-state index contributed by atoms with van der Waals surface area (Å²) in [5.41, 5.74) is 3.27. The maximum Gasteiger partial charge on any atom is 0.220 e. The fourth-order valence-electron chi connectivity index (χ4n) is 3.03. The van der Waals surface area contributed by atoms with Crippen molar-refractivity contribution in [2.24, 2.45) is 0 Å². The van der Waals surface area contributed by atoms with Crippen molar-refractivity contribution in [3.8, 4) is 11.5 Å². The summed E-state index contributed by atoms with van der Waals surface area (Å²) in [4.78, 5) is 12.3. The number of hydrogen-bond donors (Lipinski definition) is 1. The van der Waals surface area contributed by atoms with Crippen LogP contribution in [-0.4, -0.2) is 29.9 Å². The molecule has 1 aromatic heterocycles. The lowest BCUT2D eigenvalue weighted by molar-refractivity contribution is -0.121. The Labute approximate surface area is 165 Å². The standard InChI is InChI=1S/C22H25N3O3/c1-27-20-10-8-17(14-21(20)28-2)9-11-22(26)23-15-18-6-3-4-7-19(18)16-25-13-5-12-24-25/h3-8,10,12-14H,9,11,15-16H2,1-2H3,(H,23,26). The summed E-state index contributed by atoms with van der Waals surface area (Å²) in [5.74, 6) is 1.38. The van der Waals surface area contributed by atoms with Crippen molar-refractivity contribution in [3.05, 3.63) is 77.6 Å². The third kappa shape index (κ3) is 5.13. The highest BCUT2D eigenvalue weighted by Gasteiger charge is 2.08. The van der Waals surface area contributed by atoms with Crippen LogP contribution in [0.1, 0.15) is 23.1 Å². The van der Waals surface area contributed by atoms with Crippen LogP contribution in [0.5, 0.6) is 11.5 Å². The zero-order valence-electron chi connectivity index (χ0n) is 16.2. The van der Waals surface area contributed by atoms with Crippen molar-refractivity contribution in [1.82, 2.24) is 15.1 Å². The molecule has 0 bridgehead atoms. The second kappa shape index (κ2) is 9.60. The molecule has 6 heteroatoms. The highest BCUT2D eigenvalue weighted by atomic mass is 16.5. The predicted molar refractivity (Wildman–Crippen MR) is 107 cm³/mol. The molecule has 6 nitrogen and oxygen atoms in total. The van der Waals surface area contributed by atoms with Gasteiger partial charge < -0.3 is 14.8 Å². The lowest BCUT2D eigenvalue weighted by Gasteiger charge is -2.12. The van der Waals surface area contributed by atoms with E-state index in [1.165, 1.54) is 0 Å². The van der Waals surface area contributed by atoms with Gasteiger partial charge in [-0.25, -0.2) is 0 Å². The number of aryl methyl sites for hydroxylation is 1. The number of carbonyl (C=O) groups is 1. The number of aromatic nitrogens is 2. The average molecular weight is 379 g/mol. The lowest BCUT2D eigenvalue weighted by Crippen LogP contribution is -2.23. The molecule has 0 aliphatic heterocycles. The van der Waals surface area contributed by atoms with Gasteiger partial charge in [0.05, 0.1) is 20.8 Å². The monoisotopic (exact) mass is 379 g/mol. The molecule has 1 amide bonds. The number of amides is 1. The Balaban J connectivity index is 1.54. The van der Waals surface area contributed by atoms with Crippen LogP contribution in [0.15, 0.2) is 60.9 Å². The Kier molecular flexibility index (Phi) is 6.68.